The van der Waals surface area contributed by atoms with Gasteiger partial charge in [0.15, 0.2) is 0 Å². The van der Waals surface area contributed by atoms with E-state index in [1.165, 1.54) is 17.7 Å². The van der Waals surface area contributed by atoms with E-state index < -0.39 is 0 Å². The highest BCUT2D eigenvalue weighted by Crippen LogP contribution is 2.26. The number of pyridine rings is 1. The lowest BCUT2D eigenvalue weighted by Gasteiger charge is -2.28. The first-order valence-corrected chi connectivity index (χ1v) is 10.1. The molecule has 2 N–H and O–H groups in total. The van der Waals surface area contributed by atoms with Crippen LogP contribution in [-0.2, 0) is 13.1 Å². The van der Waals surface area contributed by atoms with Gasteiger partial charge in [0.05, 0.1) is 12.4 Å². The van der Waals surface area contributed by atoms with Crippen molar-refractivity contribution < 1.29 is 4.39 Å². The molecule has 0 spiro atoms. The average Bonchev–Trinajstić information content (AvgIpc) is 3.42. The van der Waals surface area contributed by atoms with Crippen molar-refractivity contribution in [1.29, 1.82) is 0 Å². The van der Waals surface area contributed by atoms with Crippen molar-refractivity contribution in [2.24, 2.45) is 5.92 Å². The summed E-state index contributed by atoms with van der Waals surface area (Å²) < 4.78 is 15.4. The van der Waals surface area contributed by atoms with Gasteiger partial charge in [0, 0.05) is 63.4 Å². The van der Waals surface area contributed by atoms with E-state index in [1.54, 1.807) is 0 Å². The van der Waals surface area contributed by atoms with E-state index in [1.807, 2.05) is 49.3 Å². The summed E-state index contributed by atoms with van der Waals surface area (Å²) >= 11 is 0. The molecule has 3 aromatic rings. The molecule has 1 fully saturated rings. The fourth-order valence-electron chi connectivity index (χ4n) is 3.94. The van der Waals surface area contributed by atoms with Gasteiger partial charge in [0.25, 0.3) is 0 Å². The summed E-state index contributed by atoms with van der Waals surface area (Å²) in [4.78, 5) is 10.9. The van der Waals surface area contributed by atoms with E-state index in [4.69, 9.17) is 0 Å². The molecule has 0 bridgehead atoms. The molecule has 0 radical (unpaired) electrons. The zero-order valence-corrected chi connectivity index (χ0v) is 16.4. The van der Waals surface area contributed by atoms with Gasteiger partial charge in [-0.2, -0.15) is 0 Å². The summed E-state index contributed by atoms with van der Waals surface area (Å²) in [7, 11) is 0. The summed E-state index contributed by atoms with van der Waals surface area (Å²) in [6, 6.07) is 11.1. The van der Waals surface area contributed by atoms with E-state index >= 15 is 0 Å². The molecule has 2 atom stereocenters. The van der Waals surface area contributed by atoms with Gasteiger partial charge in [0.2, 0.25) is 0 Å². The van der Waals surface area contributed by atoms with Gasteiger partial charge in [-0.3, -0.25) is 15.3 Å². The van der Waals surface area contributed by atoms with Gasteiger partial charge in [-0.05, 0) is 35.7 Å². The highest BCUT2D eigenvalue weighted by molar-refractivity contribution is 5.21. The van der Waals surface area contributed by atoms with Crippen LogP contribution in [0.3, 0.4) is 0 Å². The largest absolute Gasteiger partial charge is 0.337 e. The SMILES string of the molecule is Fc1ccc(C2NNCC2CN(CCCn2ccnc2)Cc2cccnc2)cc1. The maximum Gasteiger partial charge on any atom is 0.123 e. The van der Waals surface area contributed by atoms with Gasteiger partial charge >= 0.3 is 0 Å². The van der Waals surface area contributed by atoms with Crippen molar-refractivity contribution in [3.8, 4) is 0 Å². The maximum absolute atomic E-state index is 13.3. The van der Waals surface area contributed by atoms with E-state index in [9.17, 15) is 4.39 Å². The van der Waals surface area contributed by atoms with Gasteiger partial charge in [-0.15, -0.1) is 0 Å². The van der Waals surface area contributed by atoms with Crippen LogP contribution in [0.1, 0.15) is 23.6 Å². The van der Waals surface area contributed by atoms with E-state index in [0.29, 0.717) is 5.92 Å². The number of benzene rings is 1. The van der Waals surface area contributed by atoms with Crippen LogP contribution in [0.25, 0.3) is 0 Å². The highest BCUT2D eigenvalue weighted by atomic mass is 19.1. The molecule has 0 saturated carbocycles. The van der Waals surface area contributed by atoms with Crippen LogP contribution >= 0.6 is 0 Å². The third-order valence-electron chi connectivity index (χ3n) is 5.39. The van der Waals surface area contributed by atoms with Crippen LogP contribution in [0, 0.1) is 11.7 Å². The Bertz CT molecular complexity index is 853. The van der Waals surface area contributed by atoms with Crippen molar-refractivity contribution in [3.63, 3.8) is 0 Å². The molecule has 0 amide bonds. The number of nitrogens with one attached hydrogen (secondary N) is 2. The van der Waals surface area contributed by atoms with E-state index in [0.717, 1.165) is 44.7 Å². The lowest BCUT2D eigenvalue weighted by atomic mass is 9.94. The number of aromatic nitrogens is 3. The average molecular weight is 394 g/mol. The molecule has 0 aliphatic carbocycles. The molecule has 152 valence electrons. The molecule has 2 aromatic heterocycles. The molecule has 7 heteroatoms. The predicted molar refractivity (Wildman–Crippen MR) is 110 cm³/mol. The fourth-order valence-corrected chi connectivity index (χ4v) is 3.94. The molecule has 4 rings (SSSR count). The summed E-state index contributed by atoms with van der Waals surface area (Å²) in [5, 5.41) is 0. The molecule has 3 heterocycles. The standard InChI is InChI=1S/C22H27FN6/c23-21-6-4-19(5-7-21)22-20(14-26-27-22)16-29(15-18-3-1-8-24-13-18)11-2-10-28-12-9-25-17-28/h1,3-9,12-13,17,20,22,26-27H,2,10-11,14-16H2. The van der Waals surface area contributed by atoms with Crippen LogP contribution < -0.4 is 10.9 Å². The second kappa shape index (κ2) is 9.73. The number of halogens is 1. The van der Waals surface area contributed by atoms with Crippen molar-refractivity contribution in [1.82, 2.24) is 30.3 Å². The van der Waals surface area contributed by atoms with Crippen LogP contribution in [0.4, 0.5) is 4.39 Å². The normalized spacial score (nSPS) is 19.1. The van der Waals surface area contributed by atoms with Gasteiger partial charge in [-0.25, -0.2) is 14.8 Å². The molecule has 1 aromatic carbocycles. The lowest BCUT2D eigenvalue weighted by Crippen LogP contribution is -2.34. The Kier molecular flexibility index (Phi) is 6.61. The van der Waals surface area contributed by atoms with E-state index in [2.05, 4.69) is 36.4 Å². The zero-order chi connectivity index (χ0) is 19.9. The van der Waals surface area contributed by atoms with Crippen LogP contribution in [0.2, 0.25) is 0 Å². The minimum atomic E-state index is -0.200. The monoisotopic (exact) mass is 394 g/mol. The first kappa shape index (κ1) is 19.7. The number of hydrazine groups is 1. The minimum Gasteiger partial charge on any atom is -0.337 e. The summed E-state index contributed by atoms with van der Waals surface area (Å²) in [6.45, 7) is 4.63. The van der Waals surface area contributed by atoms with Crippen molar-refractivity contribution in [2.45, 2.75) is 25.6 Å². The molecular weight excluding hydrogens is 367 g/mol. The third kappa shape index (κ3) is 5.47. The Morgan fingerprint density at radius 3 is 2.79 bits per heavy atom. The Balaban J connectivity index is 1.42. The van der Waals surface area contributed by atoms with Gasteiger partial charge in [-0.1, -0.05) is 18.2 Å². The first-order chi connectivity index (χ1) is 14.3. The molecular formula is C22H27FN6. The number of hydrogen-bond donors (Lipinski definition) is 2. The number of rotatable bonds is 9. The molecule has 6 nitrogen and oxygen atoms in total. The number of hydrogen-bond acceptors (Lipinski definition) is 5. The zero-order valence-electron chi connectivity index (χ0n) is 16.4. The molecule has 1 saturated heterocycles. The highest BCUT2D eigenvalue weighted by Gasteiger charge is 2.29. The molecule has 1 aliphatic heterocycles. The van der Waals surface area contributed by atoms with Crippen LogP contribution in [0.15, 0.2) is 67.5 Å². The molecule has 29 heavy (non-hydrogen) atoms. The summed E-state index contributed by atoms with van der Waals surface area (Å²) in [5.74, 6) is 0.194. The van der Waals surface area contributed by atoms with Crippen molar-refractivity contribution in [2.75, 3.05) is 19.6 Å². The Hall–Kier alpha value is -2.61. The number of imidazole rings is 1. The van der Waals surface area contributed by atoms with Gasteiger partial charge in [0.1, 0.15) is 5.82 Å². The lowest BCUT2D eigenvalue weighted by molar-refractivity contribution is 0.212. The minimum absolute atomic E-state index is 0.167. The van der Waals surface area contributed by atoms with Gasteiger partial charge < -0.3 is 4.57 Å². The second-order valence-electron chi connectivity index (χ2n) is 7.56. The Morgan fingerprint density at radius 2 is 2.03 bits per heavy atom. The maximum atomic E-state index is 13.3. The molecule has 1 aliphatic rings. The first-order valence-electron chi connectivity index (χ1n) is 10.1. The van der Waals surface area contributed by atoms with E-state index in [-0.39, 0.29) is 11.9 Å². The second-order valence-corrected chi connectivity index (χ2v) is 7.56. The van der Waals surface area contributed by atoms with Crippen molar-refractivity contribution in [3.05, 3.63) is 84.5 Å². The Morgan fingerprint density at radius 1 is 1.14 bits per heavy atom. The topological polar surface area (TPSA) is 58.0 Å². The quantitative estimate of drug-likeness (QED) is 0.585. The number of nitrogens with zero attached hydrogens (tertiary/aromatic N) is 4. The van der Waals surface area contributed by atoms with Crippen molar-refractivity contribution >= 4 is 0 Å². The summed E-state index contributed by atoms with van der Waals surface area (Å²) in [5.41, 5.74) is 8.98. The van der Waals surface area contributed by atoms with Crippen LogP contribution in [0.5, 0.6) is 0 Å². The third-order valence-corrected chi connectivity index (χ3v) is 5.39. The summed E-state index contributed by atoms with van der Waals surface area (Å²) in [6.07, 6.45) is 10.5. The fraction of sp³-hybridized carbons (Fsp3) is 0.364. The smallest absolute Gasteiger partial charge is 0.123 e. The predicted octanol–water partition coefficient (Wildman–Crippen LogP) is 2.77. The number of aryl methyl sites for hydroxylation is 1. The Labute approximate surface area is 170 Å². The van der Waals surface area contributed by atoms with Crippen LogP contribution in [-0.4, -0.2) is 39.1 Å². The molecule has 2 unspecified atom stereocenters.